The molecule has 0 saturated heterocycles. The van der Waals surface area contributed by atoms with Crippen molar-refractivity contribution in [2.24, 2.45) is 0 Å². The Morgan fingerprint density at radius 1 is 1.18 bits per heavy atom. The van der Waals surface area contributed by atoms with Gasteiger partial charge in [-0.2, -0.15) is 0 Å². The van der Waals surface area contributed by atoms with Crippen LogP contribution in [0.5, 0.6) is 0 Å². The first-order valence-electron chi connectivity index (χ1n) is 6.66. The average molecular weight is 234 g/mol. The lowest BCUT2D eigenvalue weighted by Gasteiger charge is -2.32. The van der Waals surface area contributed by atoms with Crippen LogP contribution in [0.4, 0.5) is 0 Å². The van der Waals surface area contributed by atoms with Crippen molar-refractivity contribution in [3.63, 3.8) is 0 Å². The number of hydrogen-bond acceptors (Lipinski definition) is 2. The van der Waals surface area contributed by atoms with Crippen LogP contribution < -0.4 is 5.32 Å². The fourth-order valence-corrected chi connectivity index (χ4v) is 2.24. The maximum atomic E-state index is 3.56. The van der Waals surface area contributed by atoms with E-state index >= 15 is 0 Å². The van der Waals surface area contributed by atoms with E-state index in [1.807, 2.05) is 0 Å². The predicted octanol–water partition coefficient (Wildman–Crippen LogP) is 2.90. The van der Waals surface area contributed by atoms with E-state index in [0.717, 1.165) is 13.1 Å². The van der Waals surface area contributed by atoms with Crippen molar-refractivity contribution in [3.05, 3.63) is 35.9 Å². The Morgan fingerprint density at radius 3 is 2.35 bits per heavy atom. The minimum atomic E-state index is 0.556. The Labute approximate surface area is 106 Å². The molecule has 1 N–H and O–H groups in total. The van der Waals surface area contributed by atoms with Gasteiger partial charge in [0, 0.05) is 18.6 Å². The molecule has 2 atom stereocenters. The number of likely N-dealkylation sites (N-methyl/N-ethyl adjacent to an activating group) is 2. The lowest BCUT2D eigenvalue weighted by atomic mass is 10.1. The molecule has 0 aliphatic carbocycles. The molecule has 2 heteroatoms. The monoisotopic (exact) mass is 234 g/mol. The third-order valence-electron chi connectivity index (χ3n) is 3.46. The van der Waals surface area contributed by atoms with Gasteiger partial charge in [-0.05, 0) is 32.5 Å². The first-order valence-corrected chi connectivity index (χ1v) is 6.66. The molecule has 0 spiro atoms. The zero-order chi connectivity index (χ0) is 12.7. The summed E-state index contributed by atoms with van der Waals surface area (Å²) in [6.07, 6.45) is 1.17. The summed E-state index contributed by atoms with van der Waals surface area (Å²) in [7, 11) is 2.21. The third kappa shape index (κ3) is 4.49. The molecule has 0 fully saturated rings. The Morgan fingerprint density at radius 2 is 1.82 bits per heavy atom. The van der Waals surface area contributed by atoms with Crippen molar-refractivity contribution in [1.29, 1.82) is 0 Å². The molecule has 0 heterocycles. The number of benzene rings is 1. The van der Waals surface area contributed by atoms with E-state index < -0.39 is 0 Å². The molecule has 1 aromatic carbocycles. The molecule has 1 aromatic rings. The number of nitrogens with zero attached hydrogens (tertiary/aromatic N) is 1. The molecular formula is C15H26N2. The van der Waals surface area contributed by atoms with Gasteiger partial charge in [-0.15, -0.1) is 0 Å². The predicted molar refractivity (Wildman–Crippen MR) is 75.1 cm³/mol. The fourth-order valence-electron chi connectivity index (χ4n) is 2.24. The van der Waals surface area contributed by atoms with E-state index in [0.29, 0.717) is 12.1 Å². The zero-order valence-electron chi connectivity index (χ0n) is 11.6. The molecule has 1 rings (SSSR count). The Kier molecular flexibility index (Phi) is 6.23. The van der Waals surface area contributed by atoms with Crippen LogP contribution in [0.2, 0.25) is 0 Å². The summed E-state index contributed by atoms with van der Waals surface area (Å²) in [5, 5.41) is 3.56. The molecule has 0 aliphatic heterocycles. The van der Waals surface area contributed by atoms with E-state index in [1.54, 1.807) is 0 Å². The minimum absolute atomic E-state index is 0.556. The van der Waals surface area contributed by atoms with Crippen LogP contribution in [0.3, 0.4) is 0 Å². The number of nitrogens with one attached hydrogen (secondary N) is 1. The van der Waals surface area contributed by atoms with Crippen molar-refractivity contribution in [3.8, 4) is 0 Å². The second kappa shape index (κ2) is 7.46. The first kappa shape index (κ1) is 14.2. The second-order valence-corrected chi connectivity index (χ2v) is 4.71. The van der Waals surface area contributed by atoms with Crippen molar-refractivity contribution >= 4 is 0 Å². The molecule has 0 bridgehead atoms. The van der Waals surface area contributed by atoms with Crippen LogP contribution in [0, 0.1) is 0 Å². The van der Waals surface area contributed by atoms with Crippen molar-refractivity contribution < 1.29 is 0 Å². The highest BCUT2D eigenvalue weighted by atomic mass is 15.2. The van der Waals surface area contributed by atoms with E-state index in [9.17, 15) is 0 Å². The van der Waals surface area contributed by atoms with Gasteiger partial charge in [0.15, 0.2) is 0 Å². The summed E-state index contributed by atoms with van der Waals surface area (Å²) in [5.74, 6) is 0. The SMILES string of the molecule is CCNC(CC)C(C)N(C)Cc1ccccc1. The topological polar surface area (TPSA) is 15.3 Å². The summed E-state index contributed by atoms with van der Waals surface area (Å²) < 4.78 is 0. The smallest absolute Gasteiger partial charge is 0.0234 e. The van der Waals surface area contributed by atoms with Crippen molar-refractivity contribution in [1.82, 2.24) is 10.2 Å². The van der Waals surface area contributed by atoms with Crippen molar-refractivity contribution in [2.45, 2.75) is 45.8 Å². The maximum Gasteiger partial charge on any atom is 0.0234 e. The fraction of sp³-hybridized carbons (Fsp3) is 0.600. The van der Waals surface area contributed by atoms with Crippen LogP contribution in [0.25, 0.3) is 0 Å². The summed E-state index contributed by atoms with van der Waals surface area (Å²) in [6.45, 7) is 8.79. The van der Waals surface area contributed by atoms with Crippen LogP contribution in [-0.4, -0.2) is 30.6 Å². The molecule has 0 radical (unpaired) electrons. The molecular weight excluding hydrogens is 208 g/mol. The largest absolute Gasteiger partial charge is 0.313 e. The van der Waals surface area contributed by atoms with Crippen LogP contribution in [-0.2, 0) is 6.54 Å². The standard InChI is InChI=1S/C15H26N2/c1-5-15(16-6-2)13(3)17(4)12-14-10-8-7-9-11-14/h7-11,13,15-16H,5-6,12H2,1-4H3. The van der Waals surface area contributed by atoms with Gasteiger partial charge in [0.25, 0.3) is 0 Å². The van der Waals surface area contributed by atoms with Crippen LogP contribution in [0.15, 0.2) is 30.3 Å². The van der Waals surface area contributed by atoms with E-state index in [1.165, 1.54) is 12.0 Å². The van der Waals surface area contributed by atoms with E-state index in [-0.39, 0.29) is 0 Å². The van der Waals surface area contributed by atoms with Gasteiger partial charge in [0.1, 0.15) is 0 Å². The Balaban J connectivity index is 2.54. The van der Waals surface area contributed by atoms with Gasteiger partial charge >= 0.3 is 0 Å². The highest BCUT2D eigenvalue weighted by Crippen LogP contribution is 2.10. The molecule has 17 heavy (non-hydrogen) atoms. The van der Waals surface area contributed by atoms with Crippen LogP contribution >= 0.6 is 0 Å². The van der Waals surface area contributed by atoms with Crippen molar-refractivity contribution in [2.75, 3.05) is 13.6 Å². The van der Waals surface area contributed by atoms with E-state index in [2.05, 4.69) is 68.4 Å². The molecule has 0 amide bonds. The molecule has 0 aromatic heterocycles. The molecule has 2 nitrogen and oxygen atoms in total. The zero-order valence-corrected chi connectivity index (χ0v) is 11.6. The molecule has 0 saturated carbocycles. The quantitative estimate of drug-likeness (QED) is 0.780. The van der Waals surface area contributed by atoms with Gasteiger partial charge in [-0.25, -0.2) is 0 Å². The highest BCUT2D eigenvalue weighted by Gasteiger charge is 2.18. The summed E-state index contributed by atoms with van der Waals surface area (Å²) >= 11 is 0. The van der Waals surface area contributed by atoms with E-state index in [4.69, 9.17) is 0 Å². The third-order valence-corrected chi connectivity index (χ3v) is 3.46. The average Bonchev–Trinajstić information content (AvgIpc) is 2.36. The second-order valence-electron chi connectivity index (χ2n) is 4.71. The Bertz CT molecular complexity index is 297. The highest BCUT2D eigenvalue weighted by molar-refractivity contribution is 5.14. The minimum Gasteiger partial charge on any atom is -0.313 e. The van der Waals surface area contributed by atoms with Crippen LogP contribution in [0.1, 0.15) is 32.8 Å². The lowest BCUT2D eigenvalue weighted by molar-refractivity contribution is 0.196. The number of hydrogen-bond donors (Lipinski definition) is 1. The molecule has 2 unspecified atom stereocenters. The summed E-state index contributed by atoms with van der Waals surface area (Å²) in [6, 6.07) is 11.8. The van der Waals surface area contributed by atoms with Gasteiger partial charge < -0.3 is 5.32 Å². The molecule has 0 aliphatic rings. The Hall–Kier alpha value is -0.860. The normalized spacial score (nSPS) is 14.9. The van der Waals surface area contributed by atoms with Gasteiger partial charge in [0.2, 0.25) is 0 Å². The summed E-state index contributed by atoms with van der Waals surface area (Å²) in [5.41, 5.74) is 1.38. The molecule has 96 valence electrons. The van der Waals surface area contributed by atoms with Gasteiger partial charge in [-0.1, -0.05) is 44.2 Å². The lowest BCUT2D eigenvalue weighted by Crippen LogP contribution is -2.46. The van der Waals surface area contributed by atoms with Gasteiger partial charge in [-0.3, -0.25) is 4.90 Å². The number of rotatable bonds is 7. The first-order chi connectivity index (χ1) is 8.19. The summed E-state index contributed by atoms with van der Waals surface area (Å²) in [4.78, 5) is 2.42. The maximum absolute atomic E-state index is 3.56. The van der Waals surface area contributed by atoms with Gasteiger partial charge in [0.05, 0.1) is 0 Å².